The topological polar surface area (TPSA) is 87.2 Å². The predicted octanol–water partition coefficient (Wildman–Crippen LogP) is 1.78. The second kappa shape index (κ2) is 9.32. The Hall–Kier alpha value is -2.67. The van der Waals surface area contributed by atoms with Gasteiger partial charge in [0.2, 0.25) is 5.95 Å². The van der Waals surface area contributed by atoms with Crippen molar-refractivity contribution in [1.82, 2.24) is 20.6 Å². The summed E-state index contributed by atoms with van der Waals surface area (Å²) < 4.78 is 0. The van der Waals surface area contributed by atoms with E-state index >= 15 is 0 Å². The summed E-state index contributed by atoms with van der Waals surface area (Å²) in [6.45, 7) is 2.38. The smallest absolute Gasteiger partial charge is 0.309 e. The van der Waals surface area contributed by atoms with Gasteiger partial charge >= 0.3 is 11.8 Å². The molecule has 1 aliphatic heterocycles. The van der Waals surface area contributed by atoms with Crippen molar-refractivity contribution in [2.75, 3.05) is 24.5 Å². The maximum Gasteiger partial charge on any atom is 0.309 e. The molecular formula is C19H22ClN5O2. The van der Waals surface area contributed by atoms with Crippen molar-refractivity contribution in [3.05, 3.63) is 53.3 Å². The Kier molecular flexibility index (Phi) is 6.59. The molecule has 2 N–H and O–H groups in total. The number of amides is 2. The van der Waals surface area contributed by atoms with Crippen LogP contribution in [-0.4, -0.2) is 41.4 Å². The van der Waals surface area contributed by atoms with Crippen LogP contribution in [0, 0.1) is 5.92 Å². The second-order valence-electron chi connectivity index (χ2n) is 6.46. The number of piperidine rings is 1. The van der Waals surface area contributed by atoms with Crippen molar-refractivity contribution in [3.8, 4) is 0 Å². The van der Waals surface area contributed by atoms with Gasteiger partial charge in [0.15, 0.2) is 0 Å². The fourth-order valence-electron chi connectivity index (χ4n) is 3.01. The van der Waals surface area contributed by atoms with E-state index in [9.17, 15) is 9.59 Å². The van der Waals surface area contributed by atoms with Gasteiger partial charge in [0, 0.05) is 43.6 Å². The molecule has 0 spiro atoms. The third-order valence-corrected chi connectivity index (χ3v) is 4.97. The number of hydrogen-bond donors (Lipinski definition) is 2. The summed E-state index contributed by atoms with van der Waals surface area (Å²) in [6.07, 6.45) is 5.30. The van der Waals surface area contributed by atoms with Gasteiger partial charge < -0.3 is 15.5 Å². The Balaban J connectivity index is 1.38. The SMILES string of the molecule is O=C(NCc1ccccc1Cl)C(=O)NCC1CCN(c2ncccn2)CC1. The third-order valence-electron chi connectivity index (χ3n) is 4.60. The molecule has 2 aromatic rings. The number of rotatable bonds is 5. The van der Waals surface area contributed by atoms with E-state index in [-0.39, 0.29) is 6.54 Å². The lowest BCUT2D eigenvalue weighted by Crippen LogP contribution is -2.44. The summed E-state index contributed by atoms with van der Waals surface area (Å²) in [5, 5.41) is 5.88. The van der Waals surface area contributed by atoms with Gasteiger partial charge in [0.1, 0.15) is 0 Å². The van der Waals surface area contributed by atoms with Gasteiger partial charge in [-0.2, -0.15) is 0 Å². The van der Waals surface area contributed by atoms with E-state index < -0.39 is 11.8 Å². The quantitative estimate of drug-likeness (QED) is 0.763. The number of anilines is 1. The molecule has 0 atom stereocenters. The molecule has 1 fully saturated rings. The fraction of sp³-hybridized carbons (Fsp3) is 0.368. The molecule has 27 heavy (non-hydrogen) atoms. The average molecular weight is 388 g/mol. The van der Waals surface area contributed by atoms with Crippen molar-refractivity contribution >= 4 is 29.4 Å². The molecular weight excluding hydrogens is 366 g/mol. The monoisotopic (exact) mass is 387 g/mol. The summed E-state index contributed by atoms with van der Waals surface area (Å²) in [5.41, 5.74) is 0.774. The van der Waals surface area contributed by atoms with Gasteiger partial charge in [-0.05, 0) is 36.5 Å². The number of carbonyl (C=O) groups is 2. The standard InChI is InChI=1S/C19H22ClN5O2/c20-16-5-2-1-4-15(16)13-24-18(27)17(26)23-12-14-6-10-25(11-7-14)19-21-8-3-9-22-19/h1-5,8-9,14H,6-7,10-13H2,(H,23,26)(H,24,27). The van der Waals surface area contributed by atoms with Crippen LogP contribution >= 0.6 is 11.6 Å². The highest BCUT2D eigenvalue weighted by atomic mass is 35.5. The number of nitrogens with one attached hydrogen (secondary N) is 2. The van der Waals surface area contributed by atoms with Crippen LogP contribution in [0.3, 0.4) is 0 Å². The first-order valence-electron chi connectivity index (χ1n) is 8.95. The lowest BCUT2D eigenvalue weighted by atomic mass is 9.97. The van der Waals surface area contributed by atoms with E-state index in [0.717, 1.165) is 37.4 Å². The zero-order valence-corrected chi connectivity index (χ0v) is 15.7. The molecule has 1 aliphatic rings. The average Bonchev–Trinajstić information content (AvgIpc) is 2.72. The molecule has 0 aliphatic carbocycles. The van der Waals surface area contributed by atoms with Crippen LogP contribution in [0.1, 0.15) is 18.4 Å². The Morgan fingerprint density at radius 1 is 1.04 bits per heavy atom. The summed E-state index contributed by atoms with van der Waals surface area (Å²) in [5.74, 6) is -0.190. The van der Waals surface area contributed by atoms with Gasteiger partial charge in [-0.25, -0.2) is 9.97 Å². The van der Waals surface area contributed by atoms with Gasteiger partial charge in [-0.15, -0.1) is 0 Å². The third kappa shape index (κ3) is 5.40. The minimum absolute atomic E-state index is 0.224. The number of hydrogen-bond acceptors (Lipinski definition) is 5. The van der Waals surface area contributed by atoms with Crippen LogP contribution in [0.25, 0.3) is 0 Å². The van der Waals surface area contributed by atoms with Crippen LogP contribution < -0.4 is 15.5 Å². The number of carbonyl (C=O) groups excluding carboxylic acids is 2. The van der Waals surface area contributed by atoms with Crippen molar-refractivity contribution in [2.45, 2.75) is 19.4 Å². The second-order valence-corrected chi connectivity index (χ2v) is 6.87. The zero-order chi connectivity index (χ0) is 19.1. The van der Waals surface area contributed by atoms with Crippen molar-refractivity contribution < 1.29 is 9.59 Å². The molecule has 0 radical (unpaired) electrons. The first-order chi connectivity index (χ1) is 13.1. The summed E-state index contributed by atoms with van der Waals surface area (Å²) in [7, 11) is 0. The van der Waals surface area contributed by atoms with E-state index in [4.69, 9.17) is 11.6 Å². The highest BCUT2D eigenvalue weighted by Crippen LogP contribution is 2.19. The van der Waals surface area contributed by atoms with E-state index in [2.05, 4.69) is 25.5 Å². The molecule has 0 saturated carbocycles. The number of benzene rings is 1. The molecule has 2 amide bonds. The van der Waals surface area contributed by atoms with E-state index in [1.165, 1.54) is 0 Å². The molecule has 7 nitrogen and oxygen atoms in total. The summed E-state index contributed by atoms with van der Waals surface area (Å²) >= 11 is 6.04. The molecule has 1 aromatic heterocycles. The Bertz CT molecular complexity index is 779. The maximum absolute atomic E-state index is 12.0. The van der Waals surface area contributed by atoms with Crippen LogP contribution in [-0.2, 0) is 16.1 Å². The number of halogens is 1. The van der Waals surface area contributed by atoms with E-state index in [0.29, 0.717) is 17.5 Å². The zero-order valence-electron chi connectivity index (χ0n) is 14.9. The number of nitrogens with zero attached hydrogens (tertiary/aromatic N) is 3. The molecule has 8 heteroatoms. The van der Waals surface area contributed by atoms with Gasteiger partial charge in [-0.3, -0.25) is 9.59 Å². The predicted molar refractivity (Wildman–Crippen MR) is 103 cm³/mol. The lowest BCUT2D eigenvalue weighted by molar-refractivity contribution is -0.139. The van der Waals surface area contributed by atoms with Crippen molar-refractivity contribution in [2.24, 2.45) is 5.92 Å². The normalized spacial score (nSPS) is 14.6. The van der Waals surface area contributed by atoms with E-state index in [1.54, 1.807) is 24.5 Å². The molecule has 1 aromatic carbocycles. The Labute approximate surface area is 163 Å². The number of aromatic nitrogens is 2. The van der Waals surface area contributed by atoms with Gasteiger partial charge in [0.25, 0.3) is 0 Å². The Morgan fingerprint density at radius 2 is 1.70 bits per heavy atom. The summed E-state index contributed by atoms with van der Waals surface area (Å²) in [4.78, 5) is 34.6. The lowest BCUT2D eigenvalue weighted by Gasteiger charge is -2.31. The van der Waals surface area contributed by atoms with E-state index in [1.807, 2.05) is 18.2 Å². The minimum Gasteiger partial charge on any atom is -0.348 e. The van der Waals surface area contributed by atoms with Crippen LogP contribution in [0.5, 0.6) is 0 Å². The van der Waals surface area contributed by atoms with Gasteiger partial charge in [0.05, 0.1) is 0 Å². The molecule has 142 valence electrons. The minimum atomic E-state index is -0.648. The van der Waals surface area contributed by atoms with Crippen LogP contribution in [0.4, 0.5) is 5.95 Å². The first kappa shape index (κ1) is 19.1. The largest absolute Gasteiger partial charge is 0.348 e. The highest BCUT2D eigenvalue weighted by Gasteiger charge is 2.22. The first-order valence-corrected chi connectivity index (χ1v) is 9.32. The molecule has 2 heterocycles. The maximum atomic E-state index is 12.0. The molecule has 3 rings (SSSR count). The molecule has 0 bridgehead atoms. The Morgan fingerprint density at radius 3 is 2.41 bits per heavy atom. The van der Waals surface area contributed by atoms with Crippen molar-refractivity contribution in [1.29, 1.82) is 0 Å². The summed E-state index contributed by atoms with van der Waals surface area (Å²) in [6, 6.07) is 9.00. The molecule has 0 unspecified atom stereocenters. The molecule has 1 saturated heterocycles. The van der Waals surface area contributed by atoms with Gasteiger partial charge in [-0.1, -0.05) is 29.8 Å². The fourth-order valence-corrected chi connectivity index (χ4v) is 3.21. The van der Waals surface area contributed by atoms with Crippen LogP contribution in [0.15, 0.2) is 42.7 Å². The van der Waals surface area contributed by atoms with Crippen molar-refractivity contribution in [3.63, 3.8) is 0 Å². The highest BCUT2D eigenvalue weighted by molar-refractivity contribution is 6.35. The van der Waals surface area contributed by atoms with Crippen LogP contribution in [0.2, 0.25) is 5.02 Å².